The van der Waals surface area contributed by atoms with Crippen molar-refractivity contribution in [1.82, 2.24) is 9.88 Å². The van der Waals surface area contributed by atoms with Crippen molar-refractivity contribution in [2.24, 2.45) is 5.41 Å². The van der Waals surface area contributed by atoms with Crippen LogP contribution in [0.25, 0.3) is 10.9 Å². The van der Waals surface area contributed by atoms with Gasteiger partial charge < -0.3 is 9.88 Å². The van der Waals surface area contributed by atoms with Crippen LogP contribution in [-0.2, 0) is 4.79 Å². The summed E-state index contributed by atoms with van der Waals surface area (Å²) < 4.78 is 0. The normalized spacial score (nSPS) is 17.0. The van der Waals surface area contributed by atoms with Crippen molar-refractivity contribution in [3.8, 4) is 0 Å². The maximum absolute atomic E-state index is 12.3. The topological polar surface area (TPSA) is 36.1 Å². The second-order valence-corrected chi connectivity index (χ2v) is 8.29. The predicted octanol–water partition coefficient (Wildman–Crippen LogP) is 4.96. The Balaban J connectivity index is 1.65. The highest BCUT2D eigenvalue weighted by atomic mass is 35.5. The largest absolute Gasteiger partial charge is 0.358 e. The zero-order chi connectivity index (χ0) is 16.6. The molecule has 0 spiro atoms. The van der Waals surface area contributed by atoms with E-state index in [0.29, 0.717) is 18.2 Å². The Morgan fingerprint density at radius 3 is 2.61 bits per heavy atom. The Labute approximate surface area is 143 Å². The van der Waals surface area contributed by atoms with E-state index in [1.165, 1.54) is 11.1 Å². The van der Waals surface area contributed by atoms with Gasteiger partial charge in [0.15, 0.2) is 0 Å². The SMILES string of the molecule is CC(C)(C)CC(=O)N1CCC(c2cc3cc(Cl)ccc3[nH]2)CC1. The fourth-order valence-electron chi connectivity index (χ4n) is 3.35. The van der Waals surface area contributed by atoms with Crippen molar-refractivity contribution >= 4 is 28.4 Å². The predicted molar refractivity (Wildman–Crippen MR) is 95.9 cm³/mol. The summed E-state index contributed by atoms with van der Waals surface area (Å²) in [6, 6.07) is 8.15. The number of carbonyl (C=O) groups excluding carboxylic acids is 1. The molecule has 2 aromatic rings. The smallest absolute Gasteiger partial charge is 0.223 e. The number of halogens is 1. The fraction of sp³-hybridized carbons (Fsp3) is 0.526. The third-order valence-electron chi connectivity index (χ3n) is 4.57. The van der Waals surface area contributed by atoms with E-state index in [9.17, 15) is 4.79 Å². The third kappa shape index (κ3) is 3.89. The minimum Gasteiger partial charge on any atom is -0.358 e. The number of nitrogens with one attached hydrogen (secondary N) is 1. The number of fused-ring (bicyclic) bond motifs is 1. The zero-order valence-electron chi connectivity index (χ0n) is 14.2. The quantitative estimate of drug-likeness (QED) is 0.828. The first kappa shape index (κ1) is 16.4. The Hall–Kier alpha value is -1.48. The molecule has 2 heterocycles. The van der Waals surface area contributed by atoms with Gasteiger partial charge in [-0.05, 0) is 42.5 Å². The van der Waals surface area contributed by atoms with Crippen LogP contribution in [0.1, 0.15) is 51.6 Å². The van der Waals surface area contributed by atoms with Crippen LogP contribution in [-0.4, -0.2) is 28.9 Å². The van der Waals surface area contributed by atoms with Gasteiger partial charge in [-0.3, -0.25) is 4.79 Å². The molecule has 0 aliphatic carbocycles. The summed E-state index contributed by atoms with van der Waals surface area (Å²) in [6.07, 6.45) is 2.68. The Bertz CT molecular complexity index is 706. The molecule has 1 aliphatic heterocycles. The van der Waals surface area contributed by atoms with Gasteiger partial charge in [0, 0.05) is 47.0 Å². The molecule has 0 radical (unpaired) electrons. The van der Waals surface area contributed by atoms with Crippen molar-refractivity contribution in [1.29, 1.82) is 0 Å². The lowest BCUT2D eigenvalue weighted by Gasteiger charge is -2.33. The highest BCUT2D eigenvalue weighted by molar-refractivity contribution is 6.31. The number of H-pyrrole nitrogens is 1. The maximum atomic E-state index is 12.3. The minimum absolute atomic E-state index is 0.0599. The number of rotatable bonds is 2. The average molecular weight is 333 g/mol. The number of likely N-dealkylation sites (tertiary alicyclic amines) is 1. The van der Waals surface area contributed by atoms with Crippen molar-refractivity contribution in [2.45, 2.75) is 46.0 Å². The lowest BCUT2D eigenvalue weighted by molar-refractivity contribution is -0.134. The molecule has 1 aliphatic rings. The number of nitrogens with zero attached hydrogens (tertiary/aromatic N) is 1. The monoisotopic (exact) mass is 332 g/mol. The van der Waals surface area contributed by atoms with Crippen molar-refractivity contribution in [2.75, 3.05) is 13.1 Å². The summed E-state index contributed by atoms with van der Waals surface area (Å²) in [7, 11) is 0. The molecule has 1 fully saturated rings. The Morgan fingerprint density at radius 1 is 1.26 bits per heavy atom. The van der Waals surface area contributed by atoms with Crippen LogP contribution in [0.4, 0.5) is 0 Å². The molecule has 3 rings (SSSR count). The van der Waals surface area contributed by atoms with Crippen LogP contribution >= 0.6 is 11.6 Å². The molecule has 1 amide bonds. The van der Waals surface area contributed by atoms with E-state index in [4.69, 9.17) is 11.6 Å². The molecule has 4 heteroatoms. The Kier molecular flexibility index (Phi) is 4.41. The number of benzene rings is 1. The molecule has 23 heavy (non-hydrogen) atoms. The second-order valence-electron chi connectivity index (χ2n) is 7.85. The van der Waals surface area contributed by atoms with Crippen molar-refractivity contribution < 1.29 is 4.79 Å². The number of piperidine rings is 1. The van der Waals surface area contributed by atoms with Crippen LogP contribution in [0.3, 0.4) is 0 Å². The van der Waals surface area contributed by atoms with Gasteiger partial charge in [-0.1, -0.05) is 32.4 Å². The molecule has 0 bridgehead atoms. The standard InChI is InChI=1S/C19H25ClN2O/c1-19(2,3)12-18(23)22-8-6-13(7-9-22)17-11-14-10-15(20)4-5-16(14)21-17/h4-5,10-11,13,21H,6-9,12H2,1-3H3. The minimum atomic E-state index is 0.0599. The molecular formula is C19H25ClN2O. The average Bonchev–Trinajstić information content (AvgIpc) is 2.88. The van der Waals surface area contributed by atoms with Crippen LogP contribution in [0.5, 0.6) is 0 Å². The van der Waals surface area contributed by atoms with Crippen LogP contribution in [0.2, 0.25) is 5.02 Å². The van der Waals surface area contributed by atoms with Crippen molar-refractivity contribution in [3.05, 3.63) is 35.0 Å². The van der Waals surface area contributed by atoms with Crippen LogP contribution in [0, 0.1) is 5.41 Å². The van der Waals surface area contributed by atoms with Crippen molar-refractivity contribution in [3.63, 3.8) is 0 Å². The molecule has 1 saturated heterocycles. The van der Waals surface area contributed by atoms with Gasteiger partial charge in [-0.15, -0.1) is 0 Å². The highest BCUT2D eigenvalue weighted by Crippen LogP contribution is 2.31. The molecule has 0 atom stereocenters. The summed E-state index contributed by atoms with van der Waals surface area (Å²) in [5.74, 6) is 0.791. The van der Waals surface area contributed by atoms with E-state index in [1.54, 1.807) is 0 Å². The summed E-state index contributed by atoms with van der Waals surface area (Å²) in [6.45, 7) is 8.07. The zero-order valence-corrected chi connectivity index (χ0v) is 14.9. The lowest BCUT2D eigenvalue weighted by Crippen LogP contribution is -2.39. The summed E-state index contributed by atoms with van der Waals surface area (Å²) in [5.41, 5.74) is 2.46. The summed E-state index contributed by atoms with van der Waals surface area (Å²) in [4.78, 5) is 17.9. The van der Waals surface area contributed by atoms with Crippen LogP contribution < -0.4 is 0 Å². The molecule has 1 aromatic carbocycles. The molecular weight excluding hydrogens is 308 g/mol. The van der Waals surface area contributed by atoms with Gasteiger partial charge in [0.25, 0.3) is 0 Å². The van der Waals surface area contributed by atoms with Gasteiger partial charge in [-0.25, -0.2) is 0 Å². The van der Waals surface area contributed by atoms with E-state index in [2.05, 4.69) is 31.8 Å². The van der Waals surface area contributed by atoms with Gasteiger partial charge in [0.1, 0.15) is 0 Å². The van der Waals surface area contributed by atoms with Gasteiger partial charge in [0.2, 0.25) is 5.91 Å². The highest BCUT2D eigenvalue weighted by Gasteiger charge is 2.27. The molecule has 3 nitrogen and oxygen atoms in total. The van der Waals surface area contributed by atoms with Gasteiger partial charge in [-0.2, -0.15) is 0 Å². The van der Waals surface area contributed by atoms with Gasteiger partial charge in [0.05, 0.1) is 0 Å². The lowest BCUT2D eigenvalue weighted by atomic mass is 9.89. The van der Waals surface area contributed by atoms with Gasteiger partial charge >= 0.3 is 0 Å². The van der Waals surface area contributed by atoms with E-state index in [0.717, 1.165) is 36.5 Å². The number of aromatic nitrogens is 1. The van der Waals surface area contributed by atoms with E-state index >= 15 is 0 Å². The first-order chi connectivity index (χ1) is 10.8. The second kappa shape index (κ2) is 6.20. The number of hydrogen-bond donors (Lipinski definition) is 1. The molecule has 124 valence electrons. The van der Waals surface area contributed by atoms with E-state index < -0.39 is 0 Å². The van der Waals surface area contributed by atoms with E-state index in [1.807, 2.05) is 23.1 Å². The molecule has 0 saturated carbocycles. The fourth-order valence-corrected chi connectivity index (χ4v) is 3.53. The molecule has 1 aromatic heterocycles. The summed E-state index contributed by atoms with van der Waals surface area (Å²) in [5, 5.41) is 1.93. The molecule has 1 N–H and O–H groups in total. The number of carbonyl (C=O) groups is 1. The maximum Gasteiger partial charge on any atom is 0.223 e. The number of aromatic amines is 1. The number of hydrogen-bond acceptors (Lipinski definition) is 1. The van der Waals surface area contributed by atoms with Crippen LogP contribution in [0.15, 0.2) is 24.3 Å². The third-order valence-corrected chi connectivity index (χ3v) is 4.81. The first-order valence-electron chi connectivity index (χ1n) is 8.38. The summed E-state index contributed by atoms with van der Waals surface area (Å²) >= 11 is 6.06. The van der Waals surface area contributed by atoms with E-state index in [-0.39, 0.29) is 5.41 Å². The first-order valence-corrected chi connectivity index (χ1v) is 8.75. The molecule has 0 unspecified atom stereocenters. The number of amides is 1. The Morgan fingerprint density at radius 2 is 1.96 bits per heavy atom.